The highest BCUT2D eigenvalue weighted by Crippen LogP contribution is 2.13. The minimum Gasteiger partial charge on any atom is -0.360 e. The van der Waals surface area contributed by atoms with E-state index in [1.54, 1.807) is 0 Å². The number of thiocarbonyl (C=S) groups is 1. The van der Waals surface area contributed by atoms with E-state index in [0.29, 0.717) is 11.2 Å². The molecule has 3 rings (SSSR count). The first kappa shape index (κ1) is 13.3. The fourth-order valence-electron chi connectivity index (χ4n) is 2.49. The molecule has 1 aliphatic rings. The lowest BCUT2D eigenvalue weighted by Crippen LogP contribution is -2.44. The summed E-state index contributed by atoms with van der Waals surface area (Å²) in [6.07, 6.45) is 4.14. The quantitative estimate of drug-likeness (QED) is 0.738. The molecule has 106 valence electrons. The summed E-state index contributed by atoms with van der Waals surface area (Å²) in [5, 5.41) is 7.19. The Hall–Kier alpha value is -1.66. The third kappa shape index (κ3) is 3.08. The molecule has 0 saturated carbocycles. The molecule has 0 aromatic carbocycles. The maximum atomic E-state index is 5.36. The zero-order valence-corrected chi connectivity index (χ0v) is 12.3. The molecule has 0 unspecified atom stereocenters. The van der Waals surface area contributed by atoms with E-state index in [-0.39, 0.29) is 0 Å². The lowest BCUT2D eigenvalue weighted by Gasteiger charge is -2.30. The summed E-state index contributed by atoms with van der Waals surface area (Å²) in [6, 6.07) is 6.35. The van der Waals surface area contributed by atoms with Gasteiger partial charge >= 0.3 is 0 Å². The second kappa shape index (κ2) is 5.76. The summed E-state index contributed by atoms with van der Waals surface area (Å²) in [6.45, 7) is 2.24. The highest BCUT2D eigenvalue weighted by Gasteiger charge is 2.17. The van der Waals surface area contributed by atoms with Gasteiger partial charge in [-0.2, -0.15) is 0 Å². The van der Waals surface area contributed by atoms with Crippen molar-refractivity contribution in [1.82, 2.24) is 20.2 Å². The van der Waals surface area contributed by atoms with E-state index in [0.717, 1.165) is 42.8 Å². The van der Waals surface area contributed by atoms with Crippen LogP contribution < -0.4 is 10.6 Å². The molecule has 20 heavy (non-hydrogen) atoms. The largest absolute Gasteiger partial charge is 0.360 e. The molecular formula is C14H19N5S. The summed E-state index contributed by atoms with van der Waals surface area (Å²) in [7, 11) is 2.16. The molecule has 0 aliphatic carbocycles. The van der Waals surface area contributed by atoms with Crippen LogP contribution in [0.2, 0.25) is 0 Å². The van der Waals surface area contributed by atoms with Gasteiger partial charge in [-0.25, -0.2) is 4.98 Å². The molecule has 0 bridgehead atoms. The average molecular weight is 289 g/mol. The number of H-pyrrole nitrogens is 1. The third-order valence-electron chi connectivity index (χ3n) is 3.70. The van der Waals surface area contributed by atoms with Crippen molar-refractivity contribution in [3.05, 3.63) is 24.4 Å². The molecular weight excluding hydrogens is 270 g/mol. The van der Waals surface area contributed by atoms with Gasteiger partial charge < -0.3 is 20.5 Å². The van der Waals surface area contributed by atoms with E-state index >= 15 is 0 Å². The summed E-state index contributed by atoms with van der Waals surface area (Å²) in [4.78, 5) is 9.97. The molecule has 3 heterocycles. The number of rotatable bonds is 2. The molecule has 2 aromatic heterocycles. The smallest absolute Gasteiger partial charge is 0.172 e. The molecule has 6 heteroatoms. The number of aromatic amines is 1. The van der Waals surface area contributed by atoms with Gasteiger partial charge in [0, 0.05) is 12.2 Å². The number of piperidine rings is 1. The molecule has 0 atom stereocenters. The minimum absolute atomic E-state index is 0.460. The van der Waals surface area contributed by atoms with Crippen LogP contribution in [0.3, 0.4) is 0 Å². The first-order chi connectivity index (χ1) is 9.70. The number of hydrogen-bond acceptors (Lipinski definition) is 3. The van der Waals surface area contributed by atoms with Gasteiger partial charge in [-0.15, -0.1) is 0 Å². The Bertz CT molecular complexity index is 600. The zero-order chi connectivity index (χ0) is 13.9. The SMILES string of the molecule is CN1CCC(NC(=S)Nc2ccc3[nH]ccc3n2)CC1. The number of pyridine rings is 1. The molecule has 0 spiro atoms. The van der Waals surface area contributed by atoms with Crippen LogP contribution in [-0.2, 0) is 0 Å². The van der Waals surface area contributed by atoms with E-state index < -0.39 is 0 Å². The average Bonchev–Trinajstić information content (AvgIpc) is 2.89. The van der Waals surface area contributed by atoms with Gasteiger partial charge in [0.2, 0.25) is 0 Å². The fourth-order valence-corrected chi connectivity index (χ4v) is 2.77. The van der Waals surface area contributed by atoms with Crippen molar-refractivity contribution in [1.29, 1.82) is 0 Å². The highest BCUT2D eigenvalue weighted by atomic mass is 32.1. The zero-order valence-electron chi connectivity index (χ0n) is 11.5. The first-order valence-corrected chi connectivity index (χ1v) is 7.32. The standard InChI is InChI=1S/C14H19N5S/c1-19-8-5-10(6-9-19)16-14(20)18-13-3-2-11-12(17-13)4-7-15-11/h2-4,7,10,15H,5-6,8-9H2,1H3,(H2,16,17,18,20). The number of nitrogens with zero attached hydrogens (tertiary/aromatic N) is 2. The minimum atomic E-state index is 0.460. The third-order valence-corrected chi connectivity index (χ3v) is 3.92. The van der Waals surface area contributed by atoms with E-state index in [1.807, 2.05) is 24.4 Å². The molecule has 5 nitrogen and oxygen atoms in total. The van der Waals surface area contributed by atoms with Gasteiger partial charge in [0.15, 0.2) is 5.11 Å². The number of nitrogens with one attached hydrogen (secondary N) is 3. The predicted octanol–water partition coefficient (Wildman–Crippen LogP) is 1.94. The number of fused-ring (bicyclic) bond motifs is 1. The van der Waals surface area contributed by atoms with Gasteiger partial charge in [-0.05, 0) is 63.4 Å². The van der Waals surface area contributed by atoms with Crippen molar-refractivity contribution in [2.24, 2.45) is 0 Å². The Kier molecular flexibility index (Phi) is 3.84. The van der Waals surface area contributed by atoms with Crippen LogP contribution >= 0.6 is 12.2 Å². The van der Waals surface area contributed by atoms with Crippen LogP contribution in [0.25, 0.3) is 11.0 Å². The van der Waals surface area contributed by atoms with Crippen molar-refractivity contribution in [3.8, 4) is 0 Å². The molecule has 1 saturated heterocycles. The summed E-state index contributed by atoms with van der Waals surface area (Å²) in [5.74, 6) is 0.780. The van der Waals surface area contributed by atoms with Gasteiger partial charge in [0.25, 0.3) is 0 Å². The van der Waals surface area contributed by atoms with E-state index in [4.69, 9.17) is 12.2 Å². The molecule has 1 fully saturated rings. The summed E-state index contributed by atoms with van der Waals surface area (Å²) >= 11 is 5.36. The summed E-state index contributed by atoms with van der Waals surface area (Å²) < 4.78 is 0. The van der Waals surface area contributed by atoms with Crippen LogP contribution in [0.5, 0.6) is 0 Å². The number of anilines is 1. The van der Waals surface area contributed by atoms with Crippen LogP contribution in [-0.4, -0.2) is 46.2 Å². The summed E-state index contributed by atoms with van der Waals surface area (Å²) in [5.41, 5.74) is 1.97. The molecule has 0 radical (unpaired) electrons. The Morgan fingerprint density at radius 3 is 2.95 bits per heavy atom. The lowest BCUT2D eigenvalue weighted by molar-refractivity contribution is 0.247. The molecule has 0 amide bonds. The van der Waals surface area contributed by atoms with Crippen LogP contribution in [0.4, 0.5) is 5.82 Å². The van der Waals surface area contributed by atoms with E-state index in [2.05, 4.69) is 32.5 Å². The van der Waals surface area contributed by atoms with E-state index in [1.165, 1.54) is 0 Å². The van der Waals surface area contributed by atoms with Crippen molar-refractivity contribution >= 4 is 34.2 Å². The predicted molar refractivity (Wildman–Crippen MR) is 86.0 cm³/mol. The maximum Gasteiger partial charge on any atom is 0.172 e. The Morgan fingerprint density at radius 2 is 2.15 bits per heavy atom. The molecule has 2 aromatic rings. The second-order valence-electron chi connectivity index (χ2n) is 5.28. The monoisotopic (exact) mass is 289 g/mol. The Balaban J connectivity index is 1.58. The van der Waals surface area contributed by atoms with Crippen molar-refractivity contribution < 1.29 is 0 Å². The van der Waals surface area contributed by atoms with Gasteiger partial charge in [-0.3, -0.25) is 0 Å². The van der Waals surface area contributed by atoms with E-state index in [9.17, 15) is 0 Å². The van der Waals surface area contributed by atoms with Crippen molar-refractivity contribution in [3.63, 3.8) is 0 Å². The van der Waals surface area contributed by atoms with Gasteiger partial charge in [-0.1, -0.05) is 0 Å². The van der Waals surface area contributed by atoms with Crippen LogP contribution in [0, 0.1) is 0 Å². The molecule has 1 aliphatic heterocycles. The number of aromatic nitrogens is 2. The topological polar surface area (TPSA) is 56.0 Å². The van der Waals surface area contributed by atoms with Crippen molar-refractivity contribution in [2.45, 2.75) is 18.9 Å². The fraction of sp³-hybridized carbons (Fsp3) is 0.429. The Labute approximate surface area is 123 Å². The van der Waals surface area contributed by atoms with Gasteiger partial charge in [0.1, 0.15) is 5.82 Å². The number of hydrogen-bond donors (Lipinski definition) is 3. The van der Waals surface area contributed by atoms with Gasteiger partial charge in [0.05, 0.1) is 11.0 Å². The highest BCUT2D eigenvalue weighted by molar-refractivity contribution is 7.80. The maximum absolute atomic E-state index is 5.36. The van der Waals surface area contributed by atoms with Crippen LogP contribution in [0.1, 0.15) is 12.8 Å². The second-order valence-corrected chi connectivity index (χ2v) is 5.69. The first-order valence-electron chi connectivity index (χ1n) is 6.91. The lowest BCUT2D eigenvalue weighted by atomic mass is 10.1. The van der Waals surface area contributed by atoms with Crippen molar-refractivity contribution in [2.75, 3.05) is 25.5 Å². The number of likely N-dealkylation sites (tertiary alicyclic amines) is 1. The Morgan fingerprint density at radius 1 is 1.35 bits per heavy atom. The normalized spacial score (nSPS) is 17.2. The molecule has 3 N–H and O–H groups in total. The van der Waals surface area contributed by atoms with Crippen LogP contribution in [0.15, 0.2) is 24.4 Å².